The van der Waals surface area contributed by atoms with Crippen LogP contribution in [0.4, 0.5) is 4.79 Å². The van der Waals surface area contributed by atoms with Crippen LogP contribution in [0.2, 0.25) is 0 Å². The van der Waals surface area contributed by atoms with Gasteiger partial charge in [-0.3, -0.25) is 4.90 Å². The third kappa shape index (κ3) is 6.22. The van der Waals surface area contributed by atoms with Crippen LogP contribution in [0.15, 0.2) is 48.5 Å². The zero-order valence-electron chi connectivity index (χ0n) is 18.6. The molecular weight excluding hydrogens is 438 g/mol. The summed E-state index contributed by atoms with van der Waals surface area (Å²) >= 11 is 1.55. The van der Waals surface area contributed by atoms with E-state index in [9.17, 15) is 4.79 Å². The lowest BCUT2D eigenvalue weighted by Gasteiger charge is -2.22. The Hall–Kier alpha value is -2.68. The van der Waals surface area contributed by atoms with Crippen LogP contribution >= 0.6 is 11.3 Å². The maximum atomic E-state index is 11.9. The lowest BCUT2D eigenvalue weighted by atomic mass is 10.2. The minimum atomic E-state index is -0.386. The van der Waals surface area contributed by atoms with Crippen molar-refractivity contribution in [3.8, 4) is 10.9 Å². The van der Waals surface area contributed by atoms with Gasteiger partial charge in [-0.1, -0.05) is 35.6 Å². The summed E-state index contributed by atoms with van der Waals surface area (Å²) < 4.78 is 17.7. The fourth-order valence-electron chi connectivity index (χ4n) is 4.00. The van der Waals surface area contributed by atoms with Crippen LogP contribution in [0.5, 0.6) is 10.9 Å². The molecule has 33 heavy (non-hydrogen) atoms. The summed E-state index contributed by atoms with van der Waals surface area (Å²) in [6.45, 7) is 3.11. The zero-order chi connectivity index (χ0) is 22.5. The third-order valence-corrected chi connectivity index (χ3v) is 6.78. The Balaban J connectivity index is 1.08. The number of benzene rings is 2. The Morgan fingerprint density at radius 1 is 1.15 bits per heavy atom. The number of carbonyl (C=O) groups is 1. The van der Waals surface area contributed by atoms with E-state index in [1.54, 1.807) is 11.3 Å². The molecule has 1 aliphatic carbocycles. The van der Waals surface area contributed by atoms with E-state index in [0.29, 0.717) is 24.4 Å². The number of hydrogen-bond donors (Lipinski definition) is 1. The van der Waals surface area contributed by atoms with Crippen molar-refractivity contribution in [2.75, 3.05) is 19.7 Å². The first kappa shape index (κ1) is 22.1. The second kappa shape index (κ2) is 10.5. The molecule has 0 bridgehead atoms. The van der Waals surface area contributed by atoms with Gasteiger partial charge in [0.1, 0.15) is 5.75 Å². The molecule has 2 heterocycles. The van der Waals surface area contributed by atoms with E-state index in [0.717, 1.165) is 48.3 Å². The lowest BCUT2D eigenvalue weighted by molar-refractivity contribution is -0.0678. The number of carbonyl (C=O) groups excluding carboxylic acids is 1. The first-order valence-electron chi connectivity index (χ1n) is 11.7. The van der Waals surface area contributed by atoms with Gasteiger partial charge in [0.05, 0.1) is 16.8 Å². The molecule has 1 N–H and O–H groups in total. The highest BCUT2D eigenvalue weighted by Gasteiger charge is 2.28. The Morgan fingerprint density at radius 2 is 2.00 bits per heavy atom. The monoisotopic (exact) mass is 467 g/mol. The molecule has 1 saturated carbocycles. The smallest absolute Gasteiger partial charge is 0.409 e. The van der Waals surface area contributed by atoms with Gasteiger partial charge in [0.25, 0.3) is 5.19 Å². The number of ether oxygens (including phenoxy) is 3. The summed E-state index contributed by atoms with van der Waals surface area (Å²) in [4.78, 5) is 18.9. The average Bonchev–Trinajstić information content (AvgIpc) is 3.39. The molecule has 2 fully saturated rings. The summed E-state index contributed by atoms with van der Waals surface area (Å²) in [6.07, 6.45) is 4.34. The standard InChI is InChI=1S/C25H29N3O4S/c29-24(32-23-7-3-16-30-23)26-14-4-15-28(19-10-11-19)17-18-8-12-20(13-9-18)31-25-27-21-5-1-2-6-22(21)33-25/h1-2,5-6,8-9,12-13,19,23H,3-4,7,10-11,14-17H2,(H,26,29). The maximum Gasteiger partial charge on any atom is 0.409 e. The van der Waals surface area contributed by atoms with Crippen LogP contribution in [-0.2, 0) is 16.0 Å². The molecule has 2 aliphatic rings. The highest BCUT2D eigenvalue weighted by Crippen LogP contribution is 2.32. The molecule has 2 aromatic carbocycles. The SMILES string of the molecule is O=C(NCCCN(Cc1ccc(Oc2nc3ccccc3s2)cc1)C1CC1)OC1CCCO1. The van der Waals surface area contributed by atoms with Gasteiger partial charge in [0.15, 0.2) is 0 Å². The Kier molecular flexibility index (Phi) is 7.04. The van der Waals surface area contributed by atoms with E-state index in [4.69, 9.17) is 14.2 Å². The van der Waals surface area contributed by atoms with Gasteiger partial charge in [0.2, 0.25) is 6.29 Å². The van der Waals surface area contributed by atoms with Gasteiger partial charge in [-0.05, 0) is 55.5 Å². The van der Waals surface area contributed by atoms with Gasteiger partial charge in [-0.15, -0.1) is 0 Å². The number of nitrogens with zero attached hydrogens (tertiary/aromatic N) is 2. The molecule has 0 spiro atoms. The molecule has 8 heteroatoms. The topological polar surface area (TPSA) is 72.9 Å². The summed E-state index contributed by atoms with van der Waals surface area (Å²) in [5, 5.41) is 3.50. The van der Waals surface area contributed by atoms with Crippen molar-refractivity contribution in [1.82, 2.24) is 15.2 Å². The predicted molar refractivity (Wildman–Crippen MR) is 128 cm³/mol. The molecule has 1 aromatic heterocycles. The van der Waals surface area contributed by atoms with E-state index in [1.807, 2.05) is 30.3 Å². The lowest BCUT2D eigenvalue weighted by Crippen LogP contribution is -2.32. The van der Waals surface area contributed by atoms with Crippen molar-refractivity contribution in [3.63, 3.8) is 0 Å². The molecule has 5 rings (SSSR count). The summed E-state index contributed by atoms with van der Waals surface area (Å²) in [7, 11) is 0. The maximum absolute atomic E-state index is 11.9. The van der Waals surface area contributed by atoms with Crippen LogP contribution in [0.1, 0.15) is 37.7 Å². The highest BCUT2D eigenvalue weighted by atomic mass is 32.1. The number of alkyl carbamates (subject to hydrolysis) is 1. The molecule has 1 amide bonds. The van der Waals surface area contributed by atoms with E-state index in [-0.39, 0.29) is 12.4 Å². The Labute approximate surface area is 197 Å². The van der Waals surface area contributed by atoms with Crippen molar-refractivity contribution in [3.05, 3.63) is 54.1 Å². The summed E-state index contributed by atoms with van der Waals surface area (Å²) in [6, 6.07) is 16.9. The number of aromatic nitrogens is 1. The minimum Gasteiger partial charge on any atom is -0.431 e. The molecule has 7 nitrogen and oxygen atoms in total. The van der Waals surface area contributed by atoms with Crippen LogP contribution in [0.3, 0.4) is 0 Å². The number of thiazole rings is 1. The highest BCUT2D eigenvalue weighted by molar-refractivity contribution is 7.20. The first-order chi connectivity index (χ1) is 16.2. The molecule has 1 atom stereocenters. The van der Waals surface area contributed by atoms with Crippen LogP contribution in [-0.4, -0.2) is 48.0 Å². The number of rotatable bonds is 10. The number of fused-ring (bicyclic) bond motifs is 1. The number of amides is 1. The van der Waals surface area contributed by atoms with Crippen molar-refractivity contribution in [2.24, 2.45) is 0 Å². The summed E-state index contributed by atoms with van der Waals surface area (Å²) in [5.74, 6) is 0.796. The third-order valence-electron chi connectivity index (χ3n) is 5.87. The predicted octanol–water partition coefficient (Wildman–Crippen LogP) is 5.31. The van der Waals surface area contributed by atoms with Gasteiger partial charge >= 0.3 is 6.09 Å². The molecule has 3 aromatic rings. The number of hydrogen-bond acceptors (Lipinski definition) is 7. The molecular formula is C25H29N3O4S. The fraction of sp³-hybridized carbons (Fsp3) is 0.440. The second-order valence-corrected chi connectivity index (χ2v) is 9.52. The summed E-state index contributed by atoms with van der Waals surface area (Å²) in [5.41, 5.74) is 2.22. The van der Waals surface area contributed by atoms with Crippen LogP contribution in [0, 0.1) is 0 Å². The van der Waals surface area contributed by atoms with E-state index in [1.165, 1.54) is 18.4 Å². The van der Waals surface area contributed by atoms with Crippen molar-refractivity contribution in [1.29, 1.82) is 0 Å². The molecule has 174 valence electrons. The average molecular weight is 468 g/mol. The van der Waals surface area contributed by atoms with Gasteiger partial charge < -0.3 is 19.5 Å². The quantitative estimate of drug-likeness (QED) is 0.408. The van der Waals surface area contributed by atoms with Crippen LogP contribution < -0.4 is 10.1 Å². The van der Waals surface area contributed by atoms with E-state index < -0.39 is 0 Å². The first-order valence-corrected chi connectivity index (χ1v) is 12.5. The normalized spacial score (nSPS) is 18.0. The van der Waals surface area contributed by atoms with E-state index in [2.05, 4.69) is 33.4 Å². The number of para-hydroxylation sites is 1. The van der Waals surface area contributed by atoms with Gasteiger partial charge in [-0.25, -0.2) is 9.78 Å². The molecule has 1 saturated heterocycles. The fourth-order valence-corrected chi connectivity index (χ4v) is 4.83. The van der Waals surface area contributed by atoms with E-state index >= 15 is 0 Å². The Morgan fingerprint density at radius 3 is 2.76 bits per heavy atom. The zero-order valence-corrected chi connectivity index (χ0v) is 19.4. The van der Waals surface area contributed by atoms with Crippen molar-refractivity contribution < 1.29 is 19.0 Å². The van der Waals surface area contributed by atoms with Crippen molar-refractivity contribution >= 4 is 27.6 Å². The molecule has 1 aliphatic heterocycles. The molecule has 0 radical (unpaired) electrons. The van der Waals surface area contributed by atoms with Crippen LogP contribution in [0.25, 0.3) is 10.2 Å². The Bertz CT molecular complexity index is 1030. The largest absolute Gasteiger partial charge is 0.431 e. The molecule has 1 unspecified atom stereocenters. The van der Waals surface area contributed by atoms with Crippen molar-refractivity contribution in [2.45, 2.75) is 51.0 Å². The van der Waals surface area contributed by atoms with Gasteiger partial charge in [-0.2, -0.15) is 0 Å². The van der Waals surface area contributed by atoms with Gasteiger partial charge in [0, 0.05) is 32.1 Å². The number of nitrogens with one attached hydrogen (secondary N) is 1. The second-order valence-electron chi connectivity index (χ2n) is 8.52. The minimum absolute atomic E-state index is 0.380.